The van der Waals surface area contributed by atoms with Gasteiger partial charge in [-0.15, -0.1) is 6.58 Å². The van der Waals surface area contributed by atoms with E-state index in [0.717, 1.165) is 5.56 Å². The molecular formula is C15H18O3. The summed E-state index contributed by atoms with van der Waals surface area (Å²) in [6.45, 7) is 6.62. The van der Waals surface area contributed by atoms with Crippen LogP contribution >= 0.6 is 0 Å². The van der Waals surface area contributed by atoms with Gasteiger partial charge in [0.2, 0.25) is 0 Å². The van der Waals surface area contributed by atoms with E-state index in [1.807, 2.05) is 31.2 Å². The Morgan fingerprint density at radius 3 is 3.00 bits per heavy atom. The number of benzene rings is 1. The average molecular weight is 246 g/mol. The fourth-order valence-corrected chi connectivity index (χ4v) is 2.29. The van der Waals surface area contributed by atoms with Gasteiger partial charge in [0.1, 0.15) is 5.75 Å². The van der Waals surface area contributed by atoms with Crippen LogP contribution in [-0.4, -0.2) is 19.2 Å². The molecule has 3 heteroatoms. The molecule has 0 fully saturated rings. The van der Waals surface area contributed by atoms with Crippen LogP contribution < -0.4 is 4.74 Å². The molecule has 0 aromatic heterocycles. The number of fused-ring (bicyclic) bond motifs is 1. The van der Waals surface area contributed by atoms with Gasteiger partial charge in [-0.25, -0.2) is 0 Å². The fourth-order valence-electron chi connectivity index (χ4n) is 2.29. The zero-order valence-electron chi connectivity index (χ0n) is 10.6. The third-order valence-electron chi connectivity index (χ3n) is 3.25. The molecule has 2 rings (SSSR count). The molecule has 1 unspecified atom stereocenters. The van der Waals surface area contributed by atoms with E-state index in [9.17, 15) is 4.79 Å². The molecule has 96 valence electrons. The first-order valence-electron chi connectivity index (χ1n) is 6.20. The molecule has 1 atom stereocenters. The summed E-state index contributed by atoms with van der Waals surface area (Å²) in [5.74, 6) is 0.452. The highest BCUT2D eigenvalue weighted by atomic mass is 16.5. The first-order valence-corrected chi connectivity index (χ1v) is 6.20. The van der Waals surface area contributed by atoms with Gasteiger partial charge >= 0.3 is 5.97 Å². The second-order valence-electron chi connectivity index (χ2n) is 4.58. The van der Waals surface area contributed by atoms with E-state index in [1.165, 1.54) is 0 Å². The molecule has 1 heterocycles. The molecule has 0 aliphatic carbocycles. The number of ether oxygens (including phenoxy) is 2. The minimum Gasteiger partial charge on any atom is -0.426 e. The Morgan fingerprint density at radius 2 is 2.28 bits per heavy atom. The predicted octanol–water partition coefficient (Wildman–Crippen LogP) is 2.75. The van der Waals surface area contributed by atoms with Crippen molar-refractivity contribution < 1.29 is 14.3 Å². The number of hydrogen-bond acceptors (Lipinski definition) is 3. The molecule has 1 aliphatic rings. The minimum atomic E-state index is -0.619. The van der Waals surface area contributed by atoms with Gasteiger partial charge < -0.3 is 9.47 Å². The van der Waals surface area contributed by atoms with Crippen molar-refractivity contribution in [3.63, 3.8) is 0 Å². The fraction of sp³-hybridized carbons (Fsp3) is 0.400. The quantitative estimate of drug-likeness (QED) is 0.455. The Kier molecular flexibility index (Phi) is 3.82. The smallest absolute Gasteiger partial charge is 0.320 e. The second kappa shape index (κ2) is 5.36. The average Bonchev–Trinajstić information content (AvgIpc) is 2.38. The van der Waals surface area contributed by atoms with E-state index >= 15 is 0 Å². The number of carbonyl (C=O) groups excluding carboxylic acids is 1. The number of allylic oxidation sites excluding steroid dienone is 1. The lowest BCUT2D eigenvalue weighted by atomic mass is 9.77. The van der Waals surface area contributed by atoms with E-state index in [4.69, 9.17) is 9.47 Å². The molecule has 0 radical (unpaired) electrons. The Balaban J connectivity index is 2.31. The Labute approximate surface area is 107 Å². The van der Waals surface area contributed by atoms with Crippen molar-refractivity contribution in [3.8, 4) is 5.75 Å². The predicted molar refractivity (Wildman–Crippen MR) is 69.5 cm³/mol. The van der Waals surface area contributed by atoms with Crippen LogP contribution in [0.5, 0.6) is 5.75 Å². The monoisotopic (exact) mass is 246 g/mol. The van der Waals surface area contributed by atoms with E-state index in [-0.39, 0.29) is 5.97 Å². The topological polar surface area (TPSA) is 35.5 Å². The Hall–Kier alpha value is -1.61. The second-order valence-corrected chi connectivity index (χ2v) is 4.58. The summed E-state index contributed by atoms with van der Waals surface area (Å²) in [5, 5.41) is 0. The standard InChI is InChI=1S/C15H18O3/c1-3-9-15(11-17-4-2)10-12-7-5-6-8-13(12)18-14(15)16/h3,5-8H,1,4,9-11H2,2H3. The largest absolute Gasteiger partial charge is 0.426 e. The number of rotatable bonds is 5. The summed E-state index contributed by atoms with van der Waals surface area (Å²) in [7, 11) is 0. The highest BCUT2D eigenvalue weighted by Gasteiger charge is 2.43. The zero-order chi connectivity index (χ0) is 13.0. The lowest BCUT2D eigenvalue weighted by Gasteiger charge is -2.34. The summed E-state index contributed by atoms with van der Waals surface area (Å²) in [6.07, 6.45) is 2.97. The van der Waals surface area contributed by atoms with Crippen molar-refractivity contribution in [1.82, 2.24) is 0 Å². The molecule has 3 nitrogen and oxygen atoms in total. The third kappa shape index (κ3) is 2.31. The van der Waals surface area contributed by atoms with Gasteiger partial charge in [0.15, 0.2) is 0 Å². The molecule has 0 N–H and O–H groups in total. The molecule has 18 heavy (non-hydrogen) atoms. The maximum absolute atomic E-state index is 12.2. The molecule has 0 saturated carbocycles. The first kappa shape index (κ1) is 12.8. The third-order valence-corrected chi connectivity index (χ3v) is 3.25. The molecule has 0 saturated heterocycles. The molecule has 1 aromatic carbocycles. The summed E-state index contributed by atoms with van der Waals surface area (Å²) in [6, 6.07) is 7.64. The van der Waals surface area contributed by atoms with Crippen molar-refractivity contribution in [2.45, 2.75) is 19.8 Å². The summed E-state index contributed by atoms with van der Waals surface area (Å²) in [5.41, 5.74) is 0.435. The Morgan fingerprint density at radius 1 is 1.50 bits per heavy atom. The molecule has 1 aromatic rings. The first-order chi connectivity index (χ1) is 8.72. The summed E-state index contributed by atoms with van der Waals surface area (Å²) < 4.78 is 10.9. The van der Waals surface area contributed by atoms with Crippen LogP contribution in [0.4, 0.5) is 0 Å². The van der Waals surface area contributed by atoms with Crippen LogP contribution in [0.1, 0.15) is 18.9 Å². The lowest BCUT2D eigenvalue weighted by Crippen LogP contribution is -2.43. The van der Waals surface area contributed by atoms with Crippen molar-refractivity contribution in [2.24, 2.45) is 5.41 Å². The molecule has 0 amide bonds. The zero-order valence-corrected chi connectivity index (χ0v) is 10.6. The SMILES string of the molecule is C=CCC1(COCC)Cc2ccccc2OC1=O. The van der Waals surface area contributed by atoms with Gasteiger partial charge in [0.05, 0.1) is 12.0 Å². The van der Waals surface area contributed by atoms with Gasteiger partial charge in [-0.05, 0) is 31.4 Å². The molecule has 1 aliphatic heterocycles. The maximum Gasteiger partial charge on any atom is 0.320 e. The summed E-state index contributed by atoms with van der Waals surface area (Å²) >= 11 is 0. The van der Waals surface area contributed by atoms with Crippen molar-refractivity contribution in [2.75, 3.05) is 13.2 Å². The number of esters is 1. The maximum atomic E-state index is 12.2. The van der Waals surface area contributed by atoms with Crippen LogP contribution in [0.15, 0.2) is 36.9 Å². The van der Waals surface area contributed by atoms with E-state index in [2.05, 4.69) is 6.58 Å². The minimum absolute atomic E-state index is 0.213. The van der Waals surface area contributed by atoms with Gasteiger partial charge in [0.25, 0.3) is 0 Å². The van der Waals surface area contributed by atoms with Crippen molar-refractivity contribution >= 4 is 5.97 Å². The van der Waals surface area contributed by atoms with Gasteiger partial charge in [-0.2, -0.15) is 0 Å². The number of hydrogen-bond donors (Lipinski definition) is 0. The van der Waals surface area contributed by atoms with Crippen LogP contribution in [0.3, 0.4) is 0 Å². The van der Waals surface area contributed by atoms with Crippen LogP contribution in [0, 0.1) is 5.41 Å². The molecule has 0 bridgehead atoms. The highest BCUT2D eigenvalue weighted by molar-refractivity contribution is 5.82. The van der Waals surface area contributed by atoms with Crippen LogP contribution in [0.25, 0.3) is 0 Å². The van der Waals surface area contributed by atoms with Gasteiger partial charge in [-0.1, -0.05) is 24.3 Å². The molecule has 0 spiro atoms. The van der Waals surface area contributed by atoms with Crippen molar-refractivity contribution in [3.05, 3.63) is 42.5 Å². The van der Waals surface area contributed by atoms with Crippen LogP contribution in [0.2, 0.25) is 0 Å². The Bertz CT molecular complexity index is 453. The summed E-state index contributed by atoms with van der Waals surface area (Å²) in [4.78, 5) is 12.2. The van der Waals surface area contributed by atoms with Crippen molar-refractivity contribution in [1.29, 1.82) is 0 Å². The lowest BCUT2D eigenvalue weighted by molar-refractivity contribution is -0.151. The molecular weight excluding hydrogens is 228 g/mol. The van der Waals surface area contributed by atoms with E-state index in [0.29, 0.717) is 31.8 Å². The van der Waals surface area contributed by atoms with Crippen LogP contribution in [-0.2, 0) is 16.0 Å². The van der Waals surface area contributed by atoms with E-state index < -0.39 is 5.41 Å². The number of carbonyl (C=O) groups is 1. The normalized spacial score (nSPS) is 22.2. The van der Waals surface area contributed by atoms with Gasteiger partial charge in [-0.3, -0.25) is 4.79 Å². The highest BCUT2D eigenvalue weighted by Crippen LogP contribution is 2.38. The van der Waals surface area contributed by atoms with Gasteiger partial charge in [0, 0.05) is 6.61 Å². The van der Waals surface area contributed by atoms with E-state index in [1.54, 1.807) is 6.08 Å². The number of para-hydroxylation sites is 1.